The van der Waals surface area contributed by atoms with E-state index in [0.29, 0.717) is 16.9 Å². The number of halogens is 1. The maximum atomic E-state index is 12.9. The molecule has 6 nitrogen and oxygen atoms in total. The molecule has 0 unspecified atom stereocenters. The van der Waals surface area contributed by atoms with Crippen LogP contribution in [0.4, 0.5) is 21.7 Å². The number of Topliss-reactive ketones (excluding diaryl/α,β-unsaturated/α-hetero) is 1. The first kappa shape index (κ1) is 17.2. The van der Waals surface area contributed by atoms with E-state index >= 15 is 0 Å². The first-order valence-electron chi connectivity index (χ1n) is 7.79. The van der Waals surface area contributed by atoms with Gasteiger partial charge in [-0.15, -0.1) is 0 Å². The minimum atomic E-state index is -0.436. The predicted octanol–water partition coefficient (Wildman–Crippen LogP) is 3.81. The Kier molecular flexibility index (Phi) is 4.98. The average Bonchev–Trinajstić information content (AvgIpc) is 2.64. The van der Waals surface area contributed by atoms with E-state index in [1.807, 2.05) is 0 Å². The van der Waals surface area contributed by atoms with Crippen molar-refractivity contribution >= 4 is 29.0 Å². The Balaban J connectivity index is 1.72. The van der Waals surface area contributed by atoms with Crippen molar-refractivity contribution < 1.29 is 14.0 Å². The van der Waals surface area contributed by atoms with Gasteiger partial charge in [-0.05, 0) is 61.5 Å². The van der Waals surface area contributed by atoms with E-state index in [9.17, 15) is 14.0 Å². The largest absolute Gasteiger partial charge is 0.324 e. The van der Waals surface area contributed by atoms with Crippen LogP contribution < -0.4 is 10.6 Å². The Labute approximate surface area is 149 Å². The summed E-state index contributed by atoms with van der Waals surface area (Å²) in [5.74, 6) is -0.596. The highest BCUT2D eigenvalue weighted by molar-refractivity contribution is 6.03. The van der Waals surface area contributed by atoms with Crippen molar-refractivity contribution in [3.05, 3.63) is 77.9 Å². The molecule has 3 aromatic rings. The molecule has 0 aliphatic carbocycles. The summed E-state index contributed by atoms with van der Waals surface area (Å²) in [7, 11) is 0. The Morgan fingerprint density at radius 2 is 1.58 bits per heavy atom. The molecule has 2 aromatic carbocycles. The number of ketones is 1. The fraction of sp³-hybridized carbons (Fsp3) is 0.0526. The van der Waals surface area contributed by atoms with Gasteiger partial charge in [0.25, 0.3) is 5.91 Å². The second-order valence-electron chi connectivity index (χ2n) is 5.49. The second kappa shape index (κ2) is 7.52. The van der Waals surface area contributed by atoms with Gasteiger partial charge in [-0.3, -0.25) is 9.59 Å². The maximum absolute atomic E-state index is 12.9. The van der Waals surface area contributed by atoms with Gasteiger partial charge >= 0.3 is 0 Å². The summed E-state index contributed by atoms with van der Waals surface area (Å²) in [6.45, 7) is 1.49. The maximum Gasteiger partial charge on any atom is 0.274 e. The quantitative estimate of drug-likeness (QED) is 0.684. The van der Waals surface area contributed by atoms with Gasteiger partial charge in [0.2, 0.25) is 5.95 Å². The Morgan fingerprint density at radius 1 is 0.923 bits per heavy atom. The molecule has 3 rings (SSSR count). The zero-order valence-electron chi connectivity index (χ0n) is 13.9. The van der Waals surface area contributed by atoms with E-state index in [2.05, 4.69) is 20.6 Å². The van der Waals surface area contributed by atoms with Crippen LogP contribution in [0.2, 0.25) is 0 Å². The van der Waals surface area contributed by atoms with E-state index in [4.69, 9.17) is 0 Å². The molecule has 0 aliphatic rings. The molecule has 0 radical (unpaired) electrons. The van der Waals surface area contributed by atoms with E-state index in [1.165, 1.54) is 43.5 Å². The van der Waals surface area contributed by atoms with Crippen LogP contribution in [0.3, 0.4) is 0 Å². The third kappa shape index (κ3) is 4.27. The third-order valence-electron chi connectivity index (χ3n) is 3.54. The lowest BCUT2D eigenvalue weighted by Crippen LogP contribution is -2.14. The minimum Gasteiger partial charge on any atom is -0.324 e. The minimum absolute atomic E-state index is 0.0211. The number of anilines is 3. The summed E-state index contributed by atoms with van der Waals surface area (Å²) in [4.78, 5) is 31.8. The van der Waals surface area contributed by atoms with E-state index in [-0.39, 0.29) is 23.2 Å². The number of rotatable bonds is 5. The molecule has 130 valence electrons. The van der Waals surface area contributed by atoms with Gasteiger partial charge in [0, 0.05) is 23.1 Å². The summed E-state index contributed by atoms with van der Waals surface area (Å²) in [6.07, 6.45) is 1.46. The zero-order valence-corrected chi connectivity index (χ0v) is 13.9. The van der Waals surface area contributed by atoms with Gasteiger partial charge in [0.1, 0.15) is 11.5 Å². The summed E-state index contributed by atoms with van der Waals surface area (Å²) in [5.41, 5.74) is 1.91. The molecule has 1 aromatic heterocycles. The van der Waals surface area contributed by atoms with Crippen LogP contribution in [0.25, 0.3) is 0 Å². The first-order chi connectivity index (χ1) is 12.5. The normalized spacial score (nSPS) is 10.2. The molecule has 7 heteroatoms. The van der Waals surface area contributed by atoms with Crippen LogP contribution in [0.15, 0.2) is 60.8 Å². The van der Waals surface area contributed by atoms with Gasteiger partial charge in [0.15, 0.2) is 5.78 Å². The van der Waals surface area contributed by atoms with E-state index < -0.39 is 5.91 Å². The standard InChI is InChI=1S/C19H15FN4O2/c1-12(25)13-2-6-16(7-3-13)23-19-21-11-10-17(24-19)18(26)22-15-8-4-14(20)5-9-15/h2-11H,1H3,(H,22,26)(H,21,23,24). The zero-order chi connectivity index (χ0) is 18.5. The first-order valence-corrected chi connectivity index (χ1v) is 7.79. The summed E-state index contributed by atoms with van der Waals surface area (Å²) < 4.78 is 12.9. The summed E-state index contributed by atoms with van der Waals surface area (Å²) in [6, 6.07) is 13.7. The molecule has 0 saturated heterocycles. The molecule has 1 heterocycles. The number of hydrogen-bond donors (Lipinski definition) is 2. The molecule has 2 N–H and O–H groups in total. The number of benzene rings is 2. The van der Waals surface area contributed by atoms with Crippen LogP contribution in [-0.2, 0) is 0 Å². The molecule has 26 heavy (non-hydrogen) atoms. The fourth-order valence-electron chi connectivity index (χ4n) is 2.19. The number of hydrogen-bond acceptors (Lipinski definition) is 5. The van der Waals surface area contributed by atoms with Gasteiger partial charge in [0.05, 0.1) is 0 Å². The van der Waals surface area contributed by atoms with Gasteiger partial charge in [-0.1, -0.05) is 0 Å². The van der Waals surface area contributed by atoms with Crippen LogP contribution in [0.1, 0.15) is 27.8 Å². The summed E-state index contributed by atoms with van der Waals surface area (Å²) >= 11 is 0. The smallest absolute Gasteiger partial charge is 0.274 e. The highest BCUT2D eigenvalue weighted by atomic mass is 19.1. The predicted molar refractivity (Wildman–Crippen MR) is 96.1 cm³/mol. The van der Waals surface area contributed by atoms with Crippen molar-refractivity contribution in [3.63, 3.8) is 0 Å². The monoisotopic (exact) mass is 350 g/mol. The summed E-state index contributed by atoms with van der Waals surface area (Å²) in [5, 5.41) is 5.61. The number of carbonyl (C=O) groups is 2. The second-order valence-corrected chi connectivity index (χ2v) is 5.49. The van der Waals surface area contributed by atoms with Crippen molar-refractivity contribution in [2.24, 2.45) is 0 Å². The molecule has 0 spiro atoms. The topological polar surface area (TPSA) is 84.0 Å². The van der Waals surface area contributed by atoms with Crippen molar-refractivity contribution in [1.82, 2.24) is 9.97 Å². The molecule has 0 bridgehead atoms. The van der Waals surface area contributed by atoms with Gasteiger partial charge in [-0.2, -0.15) is 0 Å². The SMILES string of the molecule is CC(=O)c1ccc(Nc2nccc(C(=O)Nc3ccc(F)cc3)n2)cc1. The molecular weight excluding hydrogens is 335 g/mol. The highest BCUT2D eigenvalue weighted by Crippen LogP contribution is 2.15. The van der Waals surface area contributed by atoms with Crippen molar-refractivity contribution in [2.75, 3.05) is 10.6 Å². The van der Waals surface area contributed by atoms with E-state index in [0.717, 1.165) is 0 Å². The Hall–Kier alpha value is -3.61. The molecule has 0 aliphatic heterocycles. The number of amides is 1. The van der Waals surface area contributed by atoms with Gasteiger partial charge in [-0.25, -0.2) is 14.4 Å². The van der Waals surface area contributed by atoms with Crippen LogP contribution in [0, 0.1) is 5.82 Å². The fourth-order valence-corrected chi connectivity index (χ4v) is 2.19. The molecule has 1 amide bonds. The van der Waals surface area contributed by atoms with Crippen LogP contribution >= 0.6 is 0 Å². The third-order valence-corrected chi connectivity index (χ3v) is 3.54. The molecule has 0 atom stereocenters. The lowest BCUT2D eigenvalue weighted by molar-refractivity contribution is 0.101. The Bertz CT molecular complexity index is 941. The number of carbonyl (C=O) groups excluding carboxylic acids is 2. The van der Waals surface area contributed by atoms with Crippen molar-refractivity contribution in [3.8, 4) is 0 Å². The van der Waals surface area contributed by atoms with Crippen LogP contribution in [0.5, 0.6) is 0 Å². The number of nitrogens with one attached hydrogen (secondary N) is 2. The Morgan fingerprint density at radius 3 is 2.23 bits per heavy atom. The van der Waals surface area contributed by atoms with Crippen molar-refractivity contribution in [1.29, 1.82) is 0 Å². The van der Waals surface area contributed by atoms with E-state index in [1.54, 1.807) is 24.3 Å². The van der Waals surface area contributed by atoms with Crippen molar-refractivity contribution in [2.45, 2.75) is 6.92 Å². The molecule has 0 saturated carbocycles. The lowest BCUT2D eigenvalue weighted by atomic mass is 10.1. The molecule has 0 fully saturated rings. The molecular formula is C19H15FN4O2. The number of aromatic nitrogens is 2. The van der Waals surface area contributed by atoms with Gasteiger partial charge < -0.3 is 10.6 Å². The van der Waals surface area contributed by atoms with Crippen LogP contribution in [-0.4, -0.2) is 21.7 Å². The highest BCUT2D eigenvalue weighted by Gasteiger charge is 2.10. The average molecular weight is 350 g/mol. The lowest BCUT2D eigenvalue weighted by Gasteiger charge is -2.08. The number of nitrogens with zero attached hydrogens (tertiary/aromatic N) is 2.